The molecular formula is C28H27ClN6O. The highest BCUT2D eigenvalue weighted by atomic mass is 35.5. The lowest BCUT2D eigenvalue weighted by Gasteiger charge is -2.34. The summed E-state index contributed by atoms with van der Waals surface area (Å²) in [6.45, 7) is 7.54. The number of nitrogens with zero attached hydrogens (tertiary/aromatic N) is 4. The van der Waals surface area contributed by atoms with Crippen LogP contribution < -0.4 is 15.5 Å². The number of halogens is 1. The number of para-hydroxylation sites is 1. The van der Waals surface area contributed by atoms with Crippen LogP contribution in [0, 0.1) is 0 Å². The highest BCUT2D eigenvalue weighted by molar-refractivity contribution is 6.33. The molecule has 1 aromatic heterocycles. The van der Waals surface area contributed by atoms with Crippen molar-refractivity contribution in [2.45, 2.75) is 0 Å². The molecule has 4 aromatic rings. The number of rotatable bonds is 6. The summed E-state index contributed by atoms with van der Waals surface area (Å²) in [5.74, 6) is 0.203. The fourth-order valence-corrected chi connectivity index (χ4v) is 4.52. The fourth-order valence-electron chi connectivity index (χ4n) is 4.29. The van der Waals surface area contributed by atoms with Crippen LogP contribution in [0.1, 0.15) is 0 Å². The molecule has 1 amide bonds. The van der Waals surface area contributed by atoms with E-state index in [1.54, 1.807) is 6.20 Å². The van der Waals surface area contributed by atoms with Gasteiger partial charge in [-0.1, -0.05) is 48.5 Å². The summed E-state index contributed by atoms with van der Waals surface area (Å²) in [6, 6.07) is 19.6. The number of benzene rings is 3. The Kier molecular flexibility index (Phi) is 6.84. The predicted molar refractivity (Wildman–Crippen MR) is 148 cm³/mol. The average Bonchev–Trinajstić information content (AvgIpc) is 2.90. The van der Waals surface area contributed by atoms with Crippen molar-refractivity contribution in [3.8, 4) is 11.1 Å². The van der Waals surface area contributed by atoms with E-state index >= 15 is 0 Å². The molecule has 1 saturated heterocycles. The normalized spacial score (nSPS) is 14.0. The SMILES string of the molecule is C=CC(=O)Nc1cccc(-c2cccc3cnc(Nc4ccc(N5CCN(C)CC5)cc4Cl)nc23)c1. The van der Waals surface area contributed by atoms with Crippen LogP contribution in [0.25, 0.3) is 22.0 Å². The number of fused-ring (bicyclic) bond motifs is 1. The number of hydrogen-bond donors (Lipinski definition) is 2. The summed E-state index contributed by atoms with van der Waals surface area (Å²) in [4.78, 5) is 25.7. The molecule has 7 nitrogen and oxygen atoms in total. The molecule has 2 heterocycles. The van der Waals surface area contributed by atoms with Crippen LogP contribution in [0.15, 0.2) is 79.5 Å². The first-order valence-corrected chi connectivity index (χ1v) is 12.2. The summed E-state index contributed by atoms with van der Waals surface area (Å²) in [5.41, 5.74) is 5.22. The molecule has 0 unspecified atom stereocenters. The lowest BCUT2D eigenvalue weighted by Crippen LogP contribution is -2.44. The zero-order valence-electron chi connectivity index (χ0n) is 20.0. The van der Waals surface area contributed by atoms with E-state index in [-0.39, 0.29) is 5.91 Å². The van der Waals surface area contributed by atoms with Gasteiger partial charge in [0.1, 0.15) is 0 Å². The highest BCUT2D eigenvalue weighted by Gasteiger charge is 2.16. The van der Waals surface area contributed by atoms with Crippen LogP contribution in [-0.2, 0) is 4.79 Å². The highest BCUT2D eigenvalue weighted by Crippen LogP contribution is 2.32. The quantitative estimate of drug-likeness (QED) is 0.338. The molecule has 0 bridgehead atoms. The lowest BCUT2D eigenvalue weighted by molar-refractivity contribution is -0.111. The number of piperazine rings is 1. The Labute approximate surface area is 215 Å². The first-order chi connectivity index (χ1) is 17.5. The first-order valence-electron chi connectivity index (χ1n) is 11.8. The molecule has 8 heteroatoms. The maximum Gasteiger partial charge on any atom is 0.247 e. The van der Waals surface area contributed by atoms with Crippen LogP contribution in [0.4, 0.5) is 23.0 Å². The van der Waals surface area contributed by atoms with E-state index in [4.69, 9.17) is 16.6 Å². The Balaban J connectivity index is 1.42. The maximum atomic E-state index is 11.7. The van der Waals surface area contributed by atoms with Gasteiger partial charge in [-0.15, -0.1) is 0 Å². The predicted octanol–water partition coefficient (Wildman–Crippen LogP) is 5.57. The topological polar surface area (TPSA) is 73.4 Å². The molecule has 0 saturated carbocycles. The molecular weight excluding hydrogens is 472 g/mol. The third-order valence-electron chi connectivity index (χ3n) is 6.30. The van der Waals surface area contributed by atoms with Gasteiger partial charge in [0.15, 0.2) is 0 Å². The summed E-state index contributed by atoms with van der Waals surface area (Å²) >= 11 is 6.65. The number of hydrogen-bond acceptors (Lipinski definition) is 6. The largest absolute Gasteiger partial charge is 0.369 e. The Morgan fingerprint density at radius 2 is 1.86 bits per heavy atom. The second-order valence-electron chi connectivity index (χ2n) is 8.79. The van der Waals surface area contributed by atoms with Crippen LogP contribution in [0.3, 0.4) is 0 Å². The molecule has 0 spiro atoms. The second kappa shape index (κ2) is 10.4. The molecule has 1 aliphatic rings. The molecule has 1 fully saturated rings. The molecule has 0 atom stereocenters. The zero-order valence-corrected chi connectivity index (χ0v) is 20.8. The van der Waals surface area contributed by atoms with Crippen LogP contribution >= 0.6 is 11.6 Å². The number of anilines is 4. The molecule has 182 valence electrons. The Hall–Kier alpha value is -3.94. The van der Waals surface area contributed by atoms with Crippen molar-refractivity contribution in [3.63, 3.8) is 0 Å². The van der Waals surface area contributed by atoms with Crippen molar-refractivity contribution < 1.29 is 4.79 Å². The standard InChI is InChI=1S/C28H27ClN6O/c1-3-26(36)31-21-8-4-6-19(16-21)23-9-5-7-20-18-30-28(33-27(20)23)32-25-11-10-22(17-24(25)29)35-14-12-34(2)13-15-35/h3-11,16-18H,1,12-15H2,2H3,(H,31,36)(H,30,32,33). The lowest BCUT2D eigenvalue weighted by atomic mass is 10.0. The Bertz CT molecular complexity index is 1430. The maximum absolute atomic E-state index is 11.7. The Morgan fingerprint density at radius 1 is 1.06 bits per heavy atom. The number of likely N-dealkylation sites (N-methyl/N-ethyl adjacent to an activating group) is 1. The number of aromatic nitrogens is 2. The van der Waals surface area contributed by atoms with Gasteiger partial charge < -0.3 is 20.4 Å². The van der Waals surface area contributed by atoms with Crippen molar-refractivity contribution in [2.24, 2.45) is 0 Å². The first kappa shape index (κ1) is 23.8. The minimum atomic E-state index is -0.255. The molecule has 3 aromatic carbocycles. The van der Waals surface area contributed by atoms with E-state index in [1.807, 2.05) is 54.6 Å². The van der Waals surface area contributed by atoms with Crippen molar-refractivity contribution in [2.75, 3.05) is 48.8 Å². The Morgan fingerprint density at radius 3 is 2.64 bits per heavy atom. The minimum Gasteiger partial charge on any atom is -0.369 e. The smallest absolute Gasteiger partial charge is 0.247 e. The molecule has 5 rings (SSSR count). The molecule has 0 radical (unpaired) electrons. The van der Waals surface area contributed by atoms with Crippen molar-refractivity contribution in [1.29, 1.82) is 0 Å². The number of nitrogens with one attached hydrogen (secondary N) is 2. The summed E-state index contributed by atoms with van der Waals surface area (Å²) in [6.07, 6.45) is 3.04. The summed E-state index contributed by atoms with van der Waals surface area (Å²) in [5, 5.41) is 7.62. The van der Waals surface area contributed by atoms with E-state index in [2.05, 4.69) is 45.1 Å². The van der Waals surface area contributed by atoms with E-state index in [1.165, 1.54) is 6.08 Å². The number of carbonyl (C=O) groups is 1. The van der Waals surface area contributed by atoms with Crippen molar-refractivity contribution >= 4 is 51.4 Å². The van der Waals surface area contributed by atoms with Gasteiger partial charge in [0.2, 0.25) is 11.9 Å². The van der Waals surface area contributed by atoms with Gasteiger partial charge in [0, 0.05) is 54.7 Å². The number of carbonyl (C=O) groups excluding carboxylic acids is 1. The van der Waals surface area contributed by atoms with Gasteiger partial charge in [0.25, 0.3) is 0 Å². The van der Waals surface area contributed by atoms with Crippen LogP contribution in [-0.4, -0.2) is 54.0 Å². The van der Waals surface area contributed by atoms with Gasteiger partial charge >= 0.3 is 0 Å². The third kappa shape index (κ3) is 5.17. The number of amides is 1. The van der Waals surface area contributed by atoms with Gasteiger partial charge in [0.05, 0.1) is 16.2 Å². The molecule has 0 aliphatic carbocycles. The molecule has 2 N–H and O–H groups in total. The van der Waals surface area contributed by atoms with Crippen molar-refractivity contribution in [3.05, 3.63) is 84.5 Å². The van der Waals surface area contributed by atoms with E-state index in [9.17, 15) is 4.79 Å². The zero-order chi connectivity index (χ0) is 25.1. The summed E-state index contributed by atoms with van der Waals surface area (Å²) in [7, 11) is 2.14. The average molecular weight is 499 g/mol. The monoisotopic (exact) mass is 498 g/mol. The van der Waals surface area contributed by atoms with E-state index in [0.717, 1.165) is 59.6 Å². The molecule has 36 heavy (non-hydrogen) atoms. The van der Waals surface area contributed by atoms with Gasteiger partial charge in [-0.25, -0.2) is 9.97 Å². The third-order valence-corrected chi connectivity index (χ3v) is 6.62. The minimum absolute atomic E-state index is 0.255. The van der Waals surface area contributed by atoms with Crippen LogP contribution in [0.5, 0.6) is 0 Å². The fraction of sp³-hybridized carbons (Fsp3) is 0.179. The summed E-state index contributed by atoms with van der Waals surface area (Å²) < 4.78 is 0. The van der Waals surface area contributed by atoms with Crippen molar-refractivity contribution in [1.82, 2.24) is 14.9 Å². The van der Waals surface area contributed by atoms with Gasteiger partial charge in [-0.2, -0.15) is 0 Å². The van der Waals surface area contributed by atoms with Gasteiger partial charge in [-0.05, 0) is 49.0 Å². The van der Waals surface area contributed by atoms with E-state index < -0.39 is 0 Å². The van der Waals surface area contributed by atoms with E-state index in [0.29, 0.717) is 16.7 Å². The van der Waals surface area contributed by atoms with Gasteiger partial charge in [-0.3, -0.25) is 4.79 Å². The molecule has 1 aliphatic heterocycles. The van der Waals surface area contributed by atoms with Crippen LogP contribution in [0.2, 0.25) is 5.02 Å². The second-order valence-corrected chi connectivity index (χ2v) is 9.20.